The largest absolute Gasteiger partial charge is 0.378 e. The summed E-state index contributed by atoms with van der Waals surface area (Å²) in [7, 11) is 0. The van der Waals surface area contributed by atoms with E-state index in [-0.39, 0.29) is 0 Å². The van der Waals surface area contributed by atoms with E-state index in [9.17, 15) is 9.50 Å². The van der Waals surface area contributed by atoms with Crippen LogP contribution in [0.3, 0.4) is 0 Å². The van der Waals surface area contributed by atoms with Gasteiger partial charge in [0.2, 0.25) is 0 Å². The van der Waals surface area contributed by atoms with E-state index in [1.807, 2.05) is 6.92 Å². The van der Waals surface area contributed by atoms with Crippen molar-refractivity contribution in [3.8, 4) is 0 Å². The molecule has 0 saturated heterocycles. The maximum absolute atomic E-state index is 13.5. The lowest BCUT2D eigenvalue weighted by Crippen LogP contribution is -2.27. The Bertz CT molecular complexity index is 510. The van der Waals surface area contributed by atoms with Crippen molar-refractivity contribution in [1.82, 2.24) is 4.98 Å². The van der Waals surface area contributed by atoms with Crippen LogP contribution in [0.1, 0.15) is 30.3 Å². The second kappa shape index (κ2) is 5.38. The maximum Gasteiger partial charge on any atom is 0.141 e. The zero-order valence-corrected chi connectivity index (χ0v) is 11.6. The van der Waals surface area contributed by atoms with Crippen LogP contribution in [0, 0.1) is 5.82 Å². The molecule has 0 spiro atoms. The normalized spacial score (nSPS) is 14.4. The van der Waals surface area contributed by atoms with Gasteiger partial charge in [-0.3, -0.25) is 0 Å². The first kappa shape index (κ1) is 13.5. The summed E-state index contributed by atoms with van der Waals surface area (Å²) in [6, 6.07) is 4.35. The molecule has 2 rings (SSSR count). The molecule has 1 unspecified atom stereocenters. The van der Waals surface area contributed by atoms with Crippen LogP contribution in [0.4, 0.5) is 4.39 Å². The number of hydrogen-bond acceptors (Lipinski definition) is 4. The fraction of sp³-hybridized carbons (Fsp3) is 0.308. The lowest BCUT2D eigenvalue weighted by molar-refractivity contribution is 0.0693. The molecule has 1 atom stereocenters. The Hall–Kier alpha value is -0.910. The van der Waals surface area contributed by atoms with Gasteiger partial charge in [0.15, 0.2) is 0 Å². The second-order valence-corrected chi connectivity index (χ2v) is 5.56. The number of aromatic nitrogens is 1. The van der Waals surface area contributed by atoms with Crippen LogP contribution in [0.5, 0.6) is 0 Å². The molecule has 5 heteroatoms. The summed E-state index contributed by atoms with van der Waals surface area (Å²) < 4.78 is 13.5. The molecule has 1 heterocycles. The lowest BCUT2D eigenvalue weighted by Gasteiger charge is -2.26. The molecular formula is C13H14FNOS2. The second-order valence-electron chi connectivity index (χ2n) is 4.15. The summed E-state index contributed by atoms with van der Waals surface area (Å²) in [4.78, 5) is 4.66. The molecule has 96 valence electrons. The van der Waals surface area contributed by atoms with Crippen molar-refractivity contribution in [2.75, 3.05) is 0 Å². The van der Waals surface area contributed by atoms with Crippen molar-refractivity contribution in [1.29, 1.82) is 0 Å². The maximum atomic E-state index is 13.5. The van der Waals surface area contributed by atoms with E-state index in [1.54, 1.807) is 17.6 Å². The van der Waals surface area contributed by atoms with Gasteiger partial charge in [0.05, 0.1) is 0 Å². The van der Waals surface area contributed by atoms with E-state index in [4.69, 9.17) is 0 Å². The fourth-order valence-electron chi connectivity index (χ4n) is 1.98. The summed E-state index contributed by atoms with van der Waals surface area (Å²) in [5.41, 5.74) is -0.730. The number of hydrogen-bond donors (Lipinski definition) is 2. The predicted molar refractivity (Wildman–Crippen MR) is 73.7 cm³/mol. The number of nitrogens with zero attached hydrogens (tertiary/aromatic N) is 1. The SMILES string of the molecule is CCCC(O)(c1cc(F)cc(S)c1)c1nccs1. The number of thiol groups is 1. The van der Waals surface area contributed by atoms with Crippen molar-refractivity contribution in [3.05, 3.63) is 46.2 Å². The third-order valence-electron chi connectivity index (χ3n) is 2.76. The average molecular weight is 283 g/mol. The average Bonchev–Trinajstić information content (AvgIpc) is 2.81. The minimum Gasteiger partial charge on any atom is -0.378 e. The van der Waals surface area contributed by atoms with E-state index in [0.717, 1.165) is 6.42 Å². The number of aliphatic hydroxyl groups is 1. The lowest BCUT2D eigenvalue weighted by atomic mass is 9.90. The zero-order valence-electron chi connectivity index (χ0n) is 9.93. The van der Waals surface area contributed by atoms with Crippen molar-refractivity contribution < 1.29 is 9.50 Å². The van der Waals surface area contributed by atoms with E-state index in [1.165, 1.54) is 23.5 Å². The Labute approximate surface area is 115 Å². The molecule has 0 aliphatic carbocycles. The van der Waals surface area contributed by atoms with E-state index < -0.39 is 11.4 Å². The molecule has 0 aliphatic rings. The molecule has 0 aliphatic heterocycles. The molecule has 2 aromatic rings. The van der Waals surface area contributed by atoms with Gasteiger partial charge in [0, 0.05) is 16.5 Å². The van der Waals surface area contributed by atoms with Crippen LogP contribution >= 0.6 is 24.0 Å². The molecular weight excluding hydrogens is 269 g/mol. The zero-order chi connectivity index (χ0) is 13.2. The van der Waals surface area contributed by atoms with E-state index in [2.05, 4.69) is 17.6 Å². The molecule has 0 fully saturated rings. The highest BCUT2D eigenvalue weighted by Crippen LogP contribution is 2.36. The summed E-state index contributed by atoms with van der Waals surface area (Å²) in [5, 5.41) is 13.2. The standard InChI is InChI=1S/C13H14FNOS2/c1-2-3-13(16,12-15-4-5-18-12)9-6-10(14)8-11(17)7-9/h4-8,16-17H,2-3H2,1H3. The van der Waals surface area contributed by atoms with Crippen LogP contribution in [0.15, 0.2) is 34.7 Å². The fourth-order valence-corrected chi connectivity index (χ4v) is 3.03. The van der Waals surface area contributed by atoms with Gasteiger partial charge >= 0.3 is 0 Å². The van der Waals surface area contributed by atoms with Crippen LogP contribution in [-0.4, -0.2) is 10.1 Å². The van der Waals surface area contributed by atoms with Gasteiger partial charge in [-0.2, -0.15) is 0 Å². The van der Waals surface area contributed by atoms with Crippen LogP contribution < -0.4 is 0 Å². The van der Waals surface area contributed by atoms with Crippen LogP contribution in [-0.2, 0) is 5.60 Å². The first-order valence-electron chi connectivity index (χ1n) is 5.68. The molecule has 0 amide bonds. The summed E-state index contributed by atoms with van der Waals surface area (Å²) >= 11 is 5.52. The van der Waals surface area contributed by atoms with Crippen molar-refractivity contribution in [2.24, 2.45) is 0 Å². The first-order chi connectivity index (χ1) is 8.56. The Balaban J connectivity index is 2.53. The Morgan fingerprint density at radius 2 is 2.22 bits per heavy atom. The highest BCUT2D eigenvalue weighted by atomic mass is 32.1. The first-order valence-corrected chi connectivity index (χ1v) is 7.01. The predicted octanol–water partition coefficient (Wildman–Crippen LogP) is 3.61. The van der Waals surface area contributed by atoms with Gasteiger partial charge in [0.25, 0.3) is 0 Å². The van der Waals surface area contributed by atoms with Gasteiger partial charge in [-0.15, -0.1) is 24.0 Å². The minimum atomic E-state index is -1.23. The third kappa shape index (κ3) is 2.58. The van der Waals surface area contributed by atoms with Crippen LogP contribution in [0.25, 0.3) is 0 Å². The molecule has 0 bridgehead atoms. The molecule has 0 saturated carbocycles. The summed E-state index contributed by atoms with van der Waals surface area (Å²) in [6.07, 6.45) is 2.91. The van der Waals surface area contributed by atoms with Gasteiger partial charge in [-0.25, -0.2) is 9.37 Å². The quantitative estimate of drug-likeness (QED) is 0.840. The minimum absolute atomic E-state index is 0.399. The van der Waals surface area contributed by atoms with Crippen molar-refractivity contribution >= 4 is 24.0 Å². The highest BCUT2D eigenvalue weighted by Gasteiger charge is 2.33. The highest BCUT2D eigenvalue weighted by molar-refractivity contribution is 7.80. The van der Waals surface area contributed by atoms with E-state index >= 15 is 0 Å². The monoisotopic (exact) mass is 283 g/mol. The van der Waals surface area contributed by atoms with Crippen LogP contribution in [0.2, 0.25) is 0 Å². The Morgan fingerprint density at radius 1 is 1.44 bits per heavy atom. The summed E-state index contributed by atoms with van der Waals surface area (Å²) in [6.45, 7) is 1.97. The topological polar surface area (TPSA) is 33.1 Å². The Kier molecular flexibility index (Phi) is 4.04. The molecule has 1 aromatic heterocycles. The van der Waals surface area contributed by atoms with Gasteiger partial charge < -0.3 is 5.11 Å². The Morgan fingerprint density at radius 3 is 2.78 bits per heavy atom. The number of rotatable bonds is 4. The van der Waals surface area contributed by atoms with Gasteiger partial charge in [0.1, 0.15) is 16.4 Å². The van der Waals surface area contributed by atoms with E-state index in [0.29, 0.717) is 21.9 Å². The number of halogens is 1. The molecule has 2 nitrogen and oxygen atoms in total. The van der Waals surface area contributed by atoms with Gasteiger partial charge in [-0.1, -0.05) is 13.3 Å². The molecule has 18 heavy (non-hydrogen) atoms. The van der Waals surface area contributed by atoms with Crippen molar-refractivity contribution in [2.45, 2.75) is 30.3 Å². The molecule has 1 aromatic carbocycles. The van der Waals surface area contributed by atoms with Crippen molar-refractivity contribution in [3.63, 3.8) is 0 Å². The number of thiazole rings is 1. The summed E-state index contributed by atoms with van der Waals surface area (Å²) in [5.74, 6) is -0.399. The smallest absolute Gasteiger partial charge is 0.141 e. The third-order valence-corrected chi connectivity index (χ3v) is 3.94. The van der Waals surface area contributed by atoms with Gasteiger partial charge in [-0.05, 0) is 30.2 Å². The number of benzene rings is 1. The molecule has 0 radical (unpaired) electrons. The molecule has 1 N–H and O–H groups in total.